The fraction of sp³-hybridized carbons (Fsp3) is 0.562. The molecule has 1 N–H and O–H groups in total. The molecule has 2 unspecified atom stereocenters. The Labute approximate surface area is 112 Å². The van der Waals surface area contributed by atoms with Crippen LogP contribution in [0.5, 0.6) is 0 Å². The average Bonchev–Trinajstić information content (AvgIpc) is 2.65. The molecule has 0 amide bonds. The Hall–Kier alpha value is -1.15. The second-order valence-electron chi connectivity index (χ2n) is 4.70. The van der Waals surface area contributed by atoms with Crippen LogP contribution in [0.4, 0.5) is 0 Å². The number of ketones is 1. The molecule has 0 aromatic rings. The zero-order chi connectivity index (χ0) is 13.8. The normalized spacial score (nSPS) is 24.1. The maximum absolute atomic E-state index is 11.1. The SMILES string of the molecule is CNCC1CC(C)CC1=O.C\C=C/C=C\C=C/C. The van der Waals surface area contributed by atoms with Crippen LogP contribution in [0, 0.1) is 11.8 Å². The van der Waals surface area contributed by atoms with E-state index in [0.717, 1.165) is 19.4 Å². The Morgan fingerprint density at radius 1 is 1.17 bits per heavy atom. The Kier molecular flexibility index (Phi) is 10.3. The summed E-state index contributed by atoms with van der Waals surface area (Å²) >= 11 is 0. The second kappa shape index (κ2) is 11.0. The van der Waals surface area contributed by atoms with Crippen molar-refractivity contribution < 1.29 is 4.79 Å². The van der Waals surface area contributed by atoms with Gasteiger partial charge in [0, 0.05) is 18.9 Å². The second-order valence-corrected chi connectivity index (χ2v) is 4.70. The molecular weight excluding hydrogens is 222 g/mol. The molecule has 0 spiro atoms. The first kappa shape index (κ1) is 16.9. The zero-order valence-electron chi connectivity index (χ0n) is 12.1. The topological polar surface area (TPSA) is 29.1 Å². The molecule has 18 heavy (non-hydrogen) atoms. The van der Waals surface area contributed by atoms with E-state index in [1.165, 1.54) is 0 Å². The van der Waals surface area contributed by atoms with E-state index in [9.17, 15) is 4.79 Å². The van der Waals surface area contributed by atoms with Gasteiger partial charge >= 0.3 is 0 Å². The van der Waals surface area contributed by atoms with E-state index in [0.29, 0.717) is 17.6 Å². The van der Waals surface area contributed by atoms with Gasteiger partial charge < -0.3 is 5.32 Å². The van der Waals surface area contributed by atoms with E-state index in [-0.39, 0.29) is 0 Å². The summed E-state index contributed by atoms with van der Waals surface area (Å²) in [6, 6.07) is 0. The number of hydrogen-bond acceptors (Lipinski definition) is 2. The molecule has 2 nitrogen and oxygen atoms in total. The van der Waals surface area contributed by atoms with Crippen molar-refractivity contribution >= 4 is 5.78 Å². The first-order valence-corrected chi connectivity index (χ1v) is 6.73. The van der Waals surface area contributed by atoms with Crippen LogP contribution in [0.2, 0.25) is 0 Å². The molecule has 1 aliphatic carbocycles. The molecule has 2 heteroatoms. The summed E-state index contributed by atoms with van der Waals surface area (Å²) in [4.78, 5) is 11.1. The van der Waals surface area contributed by atoms with Gasteiger partial charge in [-0.2, -0.15) is 0 Å². The Morgan fingerprint density at radius 2 is 1.72 bits per heavy atom. The molecule has 0 heterocycles. The standard InChI is InChI=1S/C8H15NO.C8H12/c1-6-3-7(5-9-2)8(10)4-6;1-3-5-7-8-6-4-2/h6-7,9H,3-5H2,1-2H3;3-8H,1-2H3/b;5-3-,6-4-,8-7-. The molecule has 0 bridgehead atoms. The minimum Gasteiger partial charge on any atom is -0.319 e. The highest BCUT2D eigenvalue weighted by Crippen LogP contribution is 2.26. The highest BCUT2D eigenvalue weighted by Gasteiger charge is 2.28. The van der Waals surface area contributed by atoms with Crippen LogP contribution in [-0.2, 0) is 4.79 Å². The largest absolute Gasteiger partial charge is 0.319 e. The van der Waals surface area contributed by atoms with Crippen molar-refractivity contribution in [3.8, 4) is 0 Å². The van der Waals surface area contributed by atoms with E-state index in [1.807, 2.05) is 57.4 Å². The zero-order valence-corrected chi connectivity index (χ0v) is 12.1. The molecule has 102 valence electrons. The highest BCUT2D eigenvalue weighted by atomic mass is 16.1. The lowest BCUT2D eigenvalue weighted by atomic mass is 10.1. The fourth-order valence-electron chi connectivity index (χ4n) is 2.00. The van der Waals surface area contributed by atoms with Crippen LogP contribution in [0.25, 0.3) is 0 Å². The Morgan fingerprint density at radius 3 is 2.06 bits per heavy atom. The quantitative estimate of drug-likeness (QED) is 0.772. The van der Waals surface area contributed by atoms with Crippen molar-refractivity contribution in [2.75, 3.05) is 13.6 Å². The molecule has 0 aromatic carbocycles. The van der Waals surface area contributed by atoms with E-state index in [1.54, 1.807) is 0 Å². The van der Waals surface area contributed by atoms with E-state index in [4.69, 9.17) is 0 Å². The molecule has 1 fully saturated rings. The van der Waals surface area contributed by atoms with Gasteiger partial charge in [-0.3, -0.25) is 4.79 Å². The van der Waals surface area contributed by atoms with Gasteiger partial charge in [0.05, 0.1) is 0 Å². The average molecular weight is 249 g/mol. The van der Waals surface area contributed by atoms with Gasteiger partial charge in [0.15, 0.2) is 0 Å². The smallest absolute Gasteiger partial charge is 0.137 e. The third-order valence-electron chi connectivity index (χ3n) is 2.86. The predicted octanol–water partition coefficient (Wildman–Crippen LogP) is 3.52. The summed E-state index contributed by atoms with van der Waals surface area (Å²) < 4.78 is 0. The highest BCUT2D eigenvalue weighted by molar-refractivity contribution is 5.83. The molecule has 1 saturated carbocycles. The summed E-state index contributed by atoms with van der Waals surface area (Å²) in [6.07, 6.45) is 13.9. The van der Waals surface area contributed by atoms with Crippen molar-refractivity contribution in [3.05, 3.63) is 36.5 Å². The number of rotatable bonds is 4. The molecule has 0 radical (unpaired) electrons. The van der Waals surface area contributed by atoms with E-state index < -0.39 is 0 Å². The Balaban J connectivity index is 0.000000331. The summed E-state index contributed by atoms with van der Waals surface area (Å²) in [5, 5.41) is 3.04. The number of carbonyl (C=O) groups excluding carboxylic acids is 1. The summed E-state index contributed by atoms with van der Waals surface area (Å²) in [5.41, 5.74) is 0. The molecule has 0 saturated heterocycles. The first-order valence-electron chi connectivity index (χ1n) is 6.73. The molecule has 1 rings (SSSR count). The third kappa shape index (κ3) is 8.02. The molecule has 2 atom stereocenters. The van der Waals surface area contributed by atoms with Crippen molar-refractivity contribution in [1.82, 2.24) is 5.32 Å². The lowest BCUT2D eigenvalue weighted by Crippen LogP contribution is -2.21. The number of allylic oxidation sites excluding steroid dienone is 6. The molecular formula is C16H27NO. The lowest BCUT2D eigenvalue weighted by Gasteiger charge is -2.05. The minimum absolute atomic E-state index is 0.306. The molecule has 0 aromatic heterocycles. The van der Waals surface area contributed by atoms with Crippen LogP contribution >= 0.6 is 0 Å². The van der Waals surface area contributed by atoms with E-state index in [2.05, 4.69) is 12.2 Å². The van der Waals surface area contributed by atoms with Crippen LogP contribution in [0.1, 0.15) is 33.6 Å². The summed E-state index contributed by atoms with van der Waals surface area (Å²) in [5.74, 6) is 1.37. The first-order chi connectivity index (χ1) is 8.65. The number of Topliss-reactive ketones (excluding diaryl/α,β-unsaturated/α-hetero) is 1. The predicted molar refractivity (Wildman–Crippen MR) is 79.6 cm³/mol. The van der Waals surface area contributed by atoms with Crippen molar-refractivity contribution in [3.63, 3.8) is 0 Å². The number of nitrogens with one attached hydrogen (secondary N) is 1. The number of hydrogen-bond donors (Lipinski definition) is 1. The van der Waals surface area contributed by atoms with Crippen molar-refractivity contribution in [2.24, 2.45) is 11.8 Å². The van der Waals surface area contributed by atoms with Crippen LogP contribution in [0.15, 0.2) is 36.5 Å². The third-order valence-corrected chi connectivity index (χ3v) is 2.86. The van der Waals surface area contributed by atoms with Crippen LogP contribution < -0.4 is 5.32 Å². The molecule has 1 aliphatic rings. The minimum atomic E-state index is 0.306. The lowest BCUT2D eigenvalue weighted by molar-refractivity contribution is -0.120. The Bertz CT molecular complexity index is 288. The van der Waals surface area contributed by atoms with Gasteiger partial charge in [-0.25, -0.2) is 0 Å². The van der Waals surface area contributed by atoms with Gasteiger partial charge in [0.2, 0.25) is 0 Å². The van der Waals surface area contributed by atoms with Gasteiger partial charge in [-0.1, -0.05) is 43.4 Å². The summed E-state index contributed by atoms with van der Waals surface area (Å²) in [6.45, 7) is 7.01. The number of carbonyl (C=O) groups is 1. The van der Waals surface area contributed by atoms with Crippen molar-refractivity contribution in [2.45, 2.75) is 33.6 Å². The monoisotopic (exact) mass is 249 g/mol. The van der Waals surface area contributed by atoms with Gasteiger partial charge in [0.25, 0.3) is 0 Å². The van der Waals surface area contributed by atoms with E-state index >= 15 is 0 Å². The molecule has 0 aliphatic heterocycles. The van der Waals surface area contributed by atoms with Gasteiger partial charge in [-0.15, -0.1) is 0 Å². The maximum atomic E-state index is 11.1. The van der Waals surface area contributed by atoms with Gasteiger partial charge in [0.1, 0.15) is 5.78 Å². The van der Waals surface area contributed by atoms with Crippen LogP contribution in [-0.4, -0.2) is 19.4 Å². The maximum Gasteiger partial charge on any atom is 0.137 e. The summed E-state index contributed by atoms with van der Waals surface area (Å²) in [7, 11) is 1.90. The van der Waals surface area contributed by atoms with Crippen molar-refractivity contribution in [1.29, 1.82) is 0 Å². The fourth-order valence-corrected chi connectivity index (χ4v) is 2.00. The van der Waals surface area contributed by atoms with Gasteiger partial charge in [-0.05, 0) is 33.2 Å². The van der Waals surface area contributed by atoms with Crippen LogP contribution in [0.3, 0.4) is 0 Å².